The number of carbonyl (C=O) groups excluding carboxylic acids is 3. The molecule has 1 spiro atoms. The van der Waals surface area contributed by atoms with Crippen molar-refractivity contribution < 1.29 is 27.9 Å². The molecule has 1 aromatic rings. The van der Waals surface area contributed by atoms with Gasteiger partial charge in [0.25, 0.3) is 0 Å². The molecule has 5 nitrogen and oxygen atoms in total. The van der Waals surface area contributed by atoms with E-state index in [2.05, 4.69) is 19.6 Å². The van der Waals surface area contributed by atoms with Crippen LogP contribution in [0.1, 0.15) is 57.0 Å². The largest absolute Gasteiger partial charge is 0.461 e. The number of hydrogen-bond acceptors (Lipinski definition) is 5. The first-order chi connectivity index (χ1) is 16.0. The van der Waals surface area contributed by atoms with E-state index in [1.807, 2.05) is 19.9 Å². The van der Waals surface area contributed by atoms with Gasteiger partial charge in [0.1, 0.15) is 11.8 Å². The fraction of sp³-hybridized carbons (Fsp3) is 0.593. The Labute approximate surface area is 203 Å². The molecular weight excluding hydrogens is 455 g/mol. The van der Waals surface area contributed by atoms with E-state index < -0.39 is 28.0 Å². The van der Waals surface area contributed by atoms with Gasteiger partial charge in [-0.25, -0.2) is 4.39 Å². The molecule has 9 atom stereocenters. The van der Waals surface area contributed by atoms with Crippen molar-refractivity contribution in [1.29, 1.82) is 0 Å². The van der Waals surface area contributed by atoms with Gasteiger partial charge in [-0.1, -0.05) is 19.9 Å². The molecule has 7 heteroatoms. The molecular formula is C27H29FO5S. The number of thiol groups is 1. The van der Waals surface area contributed by atoms with E-state index in [0.717, 1.165) is 0 Å². The molecule has 0 N–H and O–H groups in total. The lowest BCUT2D eigenvalue weighted by Gasteiger charge is -2.57. The Bertz CT molecular complexity index is 1170. The Balaban J connectivity index is 1.44. The molecule has 1 aliphatic heterocycles. The van der Waals surface area contributed by atoms with Gasteiger partial charge in [-0.2, -0.15) is 0 Å². The predicted octanol–water partition coefficient (Wildman–Crippen LogP) is 4.93. The van der Waals surface area contributed by atoms with Crippen molar-refractivity contribution >= 4 is 29.3 Å². The summed E-state index contributed by atoms with van der Waals surface area (Å²) in [5, 5.41) is -0.291. The van der Waals surface area contributed by atoms with E-state index >= 15 is 4.39 Å². The van der Waals surface area contributed by atoms with Crippen molar-refractivity contribution in [2.45, 2.75) is 64.3 Å². The number of ether oxygens (including phenoxy) is 1. The first-order valence-electron chi connectivity index (χ1n) is 12.1. The molecule has 6 rings (SSSR count). The maximum Gasteiger partial charge on any atom is 0.199 e. The van der Waals surface area contributed by atoms with Crippen molar-refractivity contribution in [2.24, 2.45) is 34.0 Å². The van der Waals surface area contributed by atoms with Gasteiger partial charge in [0.15, 0.2) is 22.4 Å². The van der Waals surface area contributed by atoms with Crippen LogP contribution in [0.4, 0.5) is 4.39 Å². The van der Waals surface area contributed by atoms with Crippen molar-refractivity contribution in [3.05, 3.63) is 48.0 Å². The Morgan fingerprint density at radius 3 is 2.68 bits per heavy atom. The molecule has 34 heavy (non-hydrogen) atoms. The number of halogens is 1. The minimum atomic E-state index is -1.25. The summed E-state index contributed by atoms with van der Waals surface area (Å²) in [4.78, 5) is 38.6. The lowest BCUT2D eigenvalue weighted by atomic mass is 9.45. The fourth-order valence-electron chi connectivity index (χ4n) is 8.77. The smallest absolute Gasteiger partial charge is 0.199 e. The average molecular weight is 485 g/mol. The van der Waals surface area contributed by atoms with E-state index in [0.29, 0.717) is 18.4 Å². The quantitative estimate of drug-likeness (QED) is 0.373. The highest BCUT2D eigenvalue weighted by molar-refractivity contribution is 7.96. The zero-order valence-electron chi connectivity index (χ0n) is 19.5. The molecule has 3 saturated carbocycles. The van der Waals surface area contributed by atoms with E-state index in [9.17, 15) is 14.4 Å². The normalized spacial score (nSPS) is 48.3. The maximum absolute atomic E-state index is 15.7. The summed E-state index contributed by atoms with van der Waals surface area (Å²) in [6.45, 7) is 6.09. The summed E-state index contributed by atoms with van der Waals surface area (Å²) in [5.41, 5.74) is -2.33. The van der Waals surface area contributed by atoms with Crippen molar-refractivity contribution in [2.75, 3.05) is 0 Å². The second kappa shape index (κ2) is 6.82. The number of Topliss-reactive ketones (excluding diaryl/α,β-unsaturated/α-hetero) is 1. The van der Waals surface area contributed by atoms with Gasteiger partial charge in [0.05, 0.1) is 17.8 Å². The molecule has 0 radical (unpaired) electrons. The van der Waals surface area contributed by atoms with E-state index in [1.165, 1.54) is 18.4 Å². The van der Waals surface area contributed by atoms with Crippen LogP contribution in [0.2, 0.25) is 0 Å². The molecule has 2 heterocycles. The summed E-state index contributed by atoms with van der Waals surface area (Å²) in [6.07, 6.45) is 6.41. The van der Waals surface area contributed by atoms with Crippen molar-refractivity contribution in [3.63, 3.8) is 0 Å². The molecule has 1 saturated heterocycles. The van der Waals surface area contributed by atoms with E-state index in [-0.39, 0.29) is 59.1 Å². The number of rotatable bonds is 4. The number of ketones is 2. The highest BCUT2D eigenvalue weighted by Crippen LogP contribution is 2.79. The fourth-order valence-corrected chi connectivity index (χ4v) is 9.32. The third kappa shape index (κ3) is 2.43. The Hall–Kier alpha value is -1.99. The minimum Gasteiger partial charge on any atom is -0.461 e. The zero-order valence-corrected chi connectivity index (χ0v) is 20.4. The van der Waals surface area contributed by atoms with Gasteiger partial charge < -0.3 is 9.15 Å². The number of hydrogen-bond donors (Lipinski definition) is 1. The molecule has 180 valence electrons. The van der Waals surface area contributed by atoms with Crippen molar-refractivity contribution in [3.8, 4) is 0 Å². The number of carbonyl (C=O) groups is 3. The van der Waals surface area contributed by atoms with Gasteiger partial charge in [-0.15, -0.1) is 12.6 Å². The van der Waals surface area contributed by atoms with Crippen LogP contribution in [0.25, 0.3) is 0 Å². The second-order valence-corrected chi connectivity index (χ2v) is 11.9. The number of fused-ring (bicyclic) bond motifs is 3. The van der Waals surface area contributed by atoms with Gasteiger partial charge in [0.2, 0.25) is 0 Å². The minimum absolute atomic E-state index is 0.00981. The third-order valence-electron chi connectivity index (χ3n) is 10.4. The van der Waals surface area contributed by atoms with Crippen LogP contribution in [0.15, 0.2) is 46.6 Å². The highest BCUT2D eigenvalue weighted by atomic mass is 32.1. The van der Waals surface area contributed by atoms with Crippen LogP contribution in [-0.4, -0.2) is 34.6 Å². The molecule has 0 bridgehead atoms. The number of epoxide rings is 1. The highest BCUT2D eigenvalue weighted by Gasteiger charge is 2.82. The molecule has 4 fully saturated rings. The summed E-state index contributed by atoms with van der Waals surface area (Å²) in [6, 6.07) is 3.28. The molecule has 1 aromatic heterocycles. The topological polar surface area (TPSA) is 76.9 Å². The van der Waals surface area contributed by atoms with E-state index in [1.54, 1.807) is 12.1 Å². The van der Waals surface area contributed by atoms with E-state index in [4.69, 9.17) is 9.15 Å². The first-order valence-corrected chi connectivity index (χ1v) is 12.5. The average Bonchev–Trinajstić information content (AvgIpc) is 3.15. The second-order valence-electron chi connectivity index (χ2n) is 11.5. The van der Waals surface area contributed by atoms with Crippen LogP contribution < -0.4 is 0 Å². The maximum atomic E-state index is 15.7. The lowest BCUT2D eigenvalue weighted by Crippen LogP contribution is -2.61. The Morgan fingerprint density at radius 2 is 2.00 bits per heavy atom. The molecule has 5 aliphatic rings. The number of furan rings is 1. The summed E-state index contributed by atoms with van der Waals surface area (Å²) >= 11 is 4.36. The molecule has 4 aliphatic carbocycles. The van der Waals surface area contributed by atoms with Crippen LogP contribution >= 0.6 is 12.6 Å². The van der Waals surface area contributed by atoms with Crippen LogP contribution in [0, 0.1) is 34.0 Å². The molecule has 0 aromatic carbocycles. The van der Waals surface area contributed by atoms with Crippen molar-refractivity contribution in [1.82, 2.24) is 0 Å². The van der Waals surface area contributed by atoms with Crippen LogP contribution in [0.3, 0.4) is 0 Å². The van der Waals surface area contributed by atoms with Gasteiger partial charge in [-0.05, 0) is 79.2 Å². The summed E-state index contributed by atoms with van der Waals surface area (Å²) < 4.78 is 27.5. The van der Waals surface area contributed by atoms with Crippen LogP contribution in [-0.2, 0) is 14.3 Å². The molecule has 2 unspecified atom stereocenters. The standard InChI is InChI=1S/C27H29FO5S/c1-14-9-16-17-11-19(28)18-10-15(29)6-7-24(18,2)27(17)22(33-27)13-25(16,3)26(14,23(31)34)12-20(30)21-5-4-8-32-21/h4-8,10,14,16-17,19,22H,9,11-13H2,1-3H3,(H,31,34)/t14-,16?,17?,19+,22-,24+,25+,26-,27-/m1/s1. The van der Waals surface area contributed by atoms with Gasteiger partial charge >= 0.3 is 0 Å². The number of alkyl halides is 1. The monoisotopic (exact) mass is 484 g/mol. The summed E-state index contributed by atoms with van der Waals surface area (Å²) in [5.74, 6) is -0.401. The Morgan fingerprint density at radius 1 is 1.24 bits per heavy atom. The third-order valence-corrected chi connectivity index (χ3v) is 10.8. The zero-order chi connectivity index (χ0) is 24.3. The number of allylic oxidation sites excluding steroid dienone is 2. The molecule has 0 amide bonds. The lowest BCUT2D eigenvalue weighted by molar-refractivity contribution is -0.133. The van der Waals surface area contributed by atoms with Gasteiger partial charge in [0, 0.05) is 11.8 Å². The van der Waals surface area contributed by atoms with Crippen LogP contribution in [0.5, 0.6) is 0 Å². The summed E-state index contributed by atoms with van der Waals surface area (Å²) in [7, 11) is 0. The van der Waals surface area contributed by atoms with Gasteiger partial charge in [-0.3, -0.25) is 14.4 Å². The SMILES string of the molecule is C[C@@H]1CC2C3C[C@H](F)C4=CC(=O)C=C[C@]4(C)[C@@]34O[C@@H]4C[C@]2(C)[C@@]1(CC(=O)c1ccco1)C(=O)S. The first kappa shape index (κ1) is 22.5. The Kier molecular flexibility index (Phi) is 4.51. The predicted molar refractivity (Wildman–Crippen MR) is 125 cm³/mol.